The molecule has 2 aliphatic heterocycles. The molecule has 0 unspecified atom stereocenters. The fourth-order valence-corrected chi connectivity index (χ4v) is 4.24. The maximum Gasteiger partial charge on any atom is 0.279 e. The second-order valence-electron chi connectivity index (χ2n) is 6.88. The Morgan fingerprint density at radius 3 is 2.32 bits per heavy atom. The van der Waals surface area contributed by atoms with E-state index in [0.717, 1.165) is 29.2 Å². The molecule has 1 amide bonds. The number of anilines is 2. The molecular formula is C23H23N3OS. The van der Waals surface area contributed by atoms with E-state index in [2.05, 4.69) is 43.0 Å². The average molecular weight is 390 g/mol. The van der Waals surface area contributed by atoms with Crippen molar-refractivity contribution in [1.29, 1.82) is 0 Å². The summed E-state index contributed by atoms with van der Waals surface area (Å²) in [5, 5.41) is 0.528. The number of rotatable bonds is 3. The second kappa shape index (κ2) is 7.24. The highest BCUT2D eigenvalue weighted by Gasteiger charge is 2.41. The summed E-state index contributed by atoms with van der Waals surface area (Å²) in [5.41, 5.74) is 5.89. The van der Waals surface area contributed by atoms with Crippen molar-refractivity contribution in [2.45, 2.75) is 20.8 Å². The normalized spacial score (nSPS) is 18.9. The van der Waals surface area contributed by atoms with Crippen molar-refractivity contribution in [3.63, 3.8) is 0 Å². The Kier molecular flexibility index (Phi) is 4.77. The van der Waals surface area contributed by atoms with Gasteiger partial charge < -0.3 is 4.90 Å². The van der Waals surface area contributed by atoms with Gasteiger partial charge in [-0.15, -0.1) is 0 Å². The molecular weight excluding hydrogens is 366 g/mol. The molecule has 0 spiro atoms. The smallest absolute Gasteiger partial charge is 0.279 e. The molecule has 1 saturated heterocycles. The highest BCUT2D eigenvalue weighted by molar-refractivity contribution is 7.80. The maximum atomic E-state index is 13.3. The van der Waals surface area contributed by atoms with E-state index in [1.165, 1.54) is 5.56 Å². The van der Waals surface area contributed by atoms with Gasteiger partial charge in [0.05, 0.1) is 5.70 Å². The molecule has 1 fully saturated rings. The molecule has 2 aromatic carbocycles. The number of hydrogen-bond donors (Lipinski definition) is 0. The van der Waals surface area contributed by atoms with E-state index >= 15 is 0 Å². The molecule has 2 heterocycles. The summed E-state index contributed by atoms with van der Waals surface area (Å²) in [5.74, 6) is -0.0509. The molecule has 0 bridgehead atoms. The Labute approximate surface area is 171 Å². The summed E-state index contributed by atoms with van der Waals surface area (Å²) in [6, 6.07) is 16.3. The van der Waals surface area contributed by atoms with Crippen LogP contribution in [0.3, 0.4) is 0 Å². The minimum absolute atomic E-state index is 0.0509. The van der Waals surface area contributed by atoms with Gasteiger partial charge in [-0.05, 0) is 68.9 Å². The standard InChI is InChI=1S/C23H23N3OS/c1-4-24-19-13-11-16(3)15-17(19)12-14-20(24)21-22(27)25(5-2)23(28)26(21)18-9-7-6-8-10-18/h6-15H,4-5H2,1-3H3/b21-20-. The zero-order chi connectivity index (χ0) is 19.8. The summed E-state index contributed by atoms with van der Waals surface area (Å²) >= 11 is 5.69. The van der Waals surface area contributed by atoms with Crippen LogP contribution in [0.15, 0.2) is 66.0 Å². The van der Waals surface area contributed by atoms with Crippen LogP contribution >= 0.6 is 12.2 Å². The van der Waals surface area contributed by atoms with Gasteiger partial charge in [0, 0.05) is 24.5 Å². The van der Waals surface area contributed by atoms with Gasteiger partial charge in [-0.1, -0.05) is 35.9 Å². The number of carbonyl (C=O) groups excluding carboxylic acids is 1. The van der Waals surface area contributed by atoms with Gasteiger partial charge in [0.15, 0.2) is 5.11 Å². The van der Waals surface area contributed by atoms with Gasteiger partial charge in [-0.2, -0.15) is 0 Å². The molecule has 28 heavy (non-hydrogen) atoms. The molecule has 4 rings (SSSR count). The predicted molar refractivity (Wildman–Crippen MR) is 119 cm³/mol. The van der Waals surface area contributed by atoms with E-state index in [9.17, 15) is 4.79 Å². The van der Waals surface area contributed by atoms with Crippen LogP contribution in [0.5, 0.6) is 0 Å². The van der Waals surface area contributed by atoms with E-state index in [1.807, 2.05) is 48.2 Å². The third kappa shape index (κ3) is 2.83. The maximum absolute atomic E-state index is 13.3. The molecule has 5 heteroatoms. The quantitative estimate of drug-likeness (QED) is 0.561. The number of aryl methyl sites for hydroxylation is 1. The summed E-state index contributed by atoms with van der Waals surface area (Å²) < 4.78 is 0. The van der Waals surface area contributed by atoms with Crippen molar-refractivity contribution < 1.29 is 4.79 Å². The topological polar surface area (TPSA) is 26.8 Å². The lowest BCUT2D eigenvalue weighted by atomic mass is 10.0. The van der Waals surface area contributed by atoms with Gasteiger partial charge in [-0.3, -0.25) is 14.6 Å². The number of allylic oxidation sites excluding steroid dienone is 1. The number of nitrogens with zero attached hydrogens (tertiary/aromatic N) is 3. The molecule has 2 aliphatic rings. The Morgan fingerprint density at radius 1 is 0.929 bits per heavy atom. The third-order valence-electron chi connectivity index (χ3n) is 5.17. The zero-order valence-electron chi connectivity index (χ0n) is 16.3. The number of thiocarbonyl (C=S) groups is 1. The Hall–Kier alpha value is -2.92. The fourth-order valence-electron chi connectivity index (χ4n) is 3.84. The Morgan fingerprint density at radius 2 is 1.64 bits per heavy atom. The minimum atomic E-state index is -0.0509. The second-order valence-corrected chi connectivity index (χ2v) is 7.24. The van der Waals surface area contributed by atoms with Crippen molar-refractivity contribution in [1.82, 2.24) is 4.90 Å². The lowest BCUT2D eigenvalue weighted by Crippen LogP contribution is -2.32. The number of carbonyl (C=O) groups is 1. The molecule has 0 radical (unpaired) electrons. The number of hydrogen-bond acceptors (Lipinski definition) is 3. The SMILES string of the molecule is CCN1C(=O)/C(=C2\C=Cc3cc(C)ccc3N2CC)N(c2ccccc2)C1=S. The number of fused-ring (bicyclic) bond motifs is 1. The van der Waals surface area contributed by atoms with Crippen molar-refractivity contribution in [2.24, 2.45) is 0 Å². The van der Waals surface area contributed by atoms with Crippen molar-refractivity contribution >= 4 is 40.7 Å². The highest BCUT2D eigenvalue weighted by atomic mass is 32.1. The molecule has 0 saturated carbocycles. The van der Waals surface area contributed by atoms with Gasteiger partial charge in [0.2, 0.25) is 0 Å². The number of amides is 1. The van der Waals surface area contributed by atoms with E-state index in [0.29, 0.717) is 17.4 Å². The molecule has 142 valence electrons. The summed E-state index contributed by atoms with van der Waals surface area (Å²) in [7, 11) is 0. The van der Waals surface area contributed by atoms with Crippen LogP contribution in [0.4, 0.5) is 11.4 Å². The molecule has 0 aromatic heterocycles. The number of para-hydroxylation sites is 1. The first-order chi connectivity index (χ1) is 13.6. The average Bonchev–Trinajstić information content (AvgIpc) is 2.97. The van der Waals surface area contributed by atoms with E-state index < -0.39 is 0 Å². The van der Waals surface area contributed by atoms with Gasteiger partial charge in [0.1, 0.15) is 5.70 Å². The van der Waals surface area contributed by atoms with E-state index in [1.54, 1.807) is 4.90 Å². The van der Waals surface area contributed by atoms with Crippen LogP contribution in [0.2, 0.25) is 0 Å². The number of likely N-dealkylation sites (N-methyl/N-ethyl adjacent to an activating group) is 2. The van der Waals surface area contributed by atoms with Crippen LogP contribution in [0, 0.1) is 6.92 Å². The van der Waals surface area contributed by atoms with Gasteiger partial charge >= 0.3 is 0 Å². The number of benzene rings is 2. The predicted octanol–water partition coefficient (Wildman–Crippen LogP) is 4.71. The monoisotopic (exact) mass is 389 g/mol. The van der Waals surface area contributed by atoms with Crippen LogP contribution < -0.4 is 9.80 Å². The summed E-state index contributed by atoms with van der Waals surface area (Å²) in [6.45, 7) is 7.45. The van der Waals surface area contributed by atoms with Crippen molar-refractivity contribution in [2.75, 3.05) is 22.9 Å². The summed E-state index contributed by atoms with van der Waals surface area (Å²) in [6.07, 6.45) is 4.13. The molecule has 0 atom stereocenters. The van der Waals surface area contributed by atoms with Crippen LogP contribution in [0.1, 0.15) is 25.0 Å². The lowest BCUT2D eigenvalue weighted by molar-refractivity contribution is -0.122. The van der Waals surface area contributed by atoms with Crippen LogP contribution in [0.25, 0.3) is 6.08 Å². The van der Waals surface area contributed by atoms with Crippen LogP contribution in [-0.4, -0.2) is 29.0 Å². The summed E-state index contributed by atoms with van der Waals surface area (Å²) in [4.78, 5) is 19.1. The van der Waals surface area contributed by atoms with Gasteiger partial charge in [0.25, 0.3) is 5.91 Å². The lowest BCUT2D eigenvalue weighted by Gasteiger charge is -2.32. The molecule has 4 nitrogen and oxygen atoms in total. The molecule has 0 N–H and O–H groups in total. The van der Waals surface area contributed by atoms with E-state index in [4.69, 9.17) is 12.2 Å². The first kappa shape index (κ1) is 18.4. The van der Waals surface area contributed by atoms with Crippen LogP contribution in [-0.2, 0) is 4.79 Å². The Balaban J connectivity index is 1.93. The Bertz CT molecular complexity index is 1010. The van der Waals surface area contributed by atoms with Gasteiger partial charge in [-0.25, -0.2) is 0 Å². The zero-order valence-corrected chi connectivity index (χ0v) is 17.2. The third-order valence-corrected chi connectivity index (χ3v) is 5.57. The van der Waals surface area contributed by atoms with Crippen molar-refractivity contribution in [3.8, 4) is 0 Å². The van der Waals surface area contributed by atoms with E-state index in [-0.39, 0.29) is 5.91 Å². The van der Waals surface area contributed by atoms with Crippen molar-refractivity contribution in [3.05, 3.63) is 77.1 Å². The molecule has 0 aliphatic carbocycles. The fraction of sp³-hybridized carbons (Fsp3) is 0.217. The minimum Gasteiger partial charge on any atom is -0.339 e. The first-order valence-corrected chi connectivity index (χ1v) is 9.99. The molecule has 2 aromatic rings. The largest absolute Gasteiger partial charge is 0.339 e. The first-order valence-electron chi connectivity index (χ1n) is 9.58. The highest BCUT2D eigenvalue weighted by Crippen LogP contribution is 2.37.